The Kier molecular flexibility index (Phi) is 6.13. The van der Waals surface area contributed by atoms with Crippen LogP contribution in [0.1, 0.15) is 43.7 Å². The molecular formula is C22H22ClN3OS. The molecule has 0 unspecified atom stereocenters. The fourth-order valence-corrected chi connectivity index (χ4v) is 4.73. The highest BCUT2D eigenvalue weighted by Gasteiger charge is 2.19. The van der Waals surface area contributed by atoms with E-state index in [0.29, 0.717) is 0 Å². The summed E-state index contributed by atoms with van der Waals surface area (Å²) in [6.07, 6.45) is 9.11. The largest absolute Gasteiger partial charge is 0.286 e. The van der Waals surface area contributed by atoms with Gasteiger partial charge in [0.25, 0.3) is 5.56 Å². The summed E-state index contributed by atoms with van der Waals surface area (Å²) >= 11 is 7.93. The van der Waals surface area contributed by atoms with Crippen molar-refractivity contribution < 1.29 is 0 Å². The lowest BCUT2D eigenvalue weighted by Gasteiger charge is -2.23. The number of aromatic nitrogens is 3. The highest BCUT2D eigenvalue weighted by Crippen LogP contribution is 2.30. The van der Waals surface area contributed by atoms with Crippen LogP contribution >= 0.6 is 23.4 Å². The van der Waals surface area contributed by atoms with Crippen LogP contribution in [0.3, 0.4) is 0 Å². The van der Waals surface area contributed by atoms with E-state index < -0.39 is 0 Å². The third-order valence-electron chi connectivity index (χ3n) is 5.14. The van der Waals surface area contributed by atoms with Gasteiger partial charge in [-0.15, -0.1) is 11.8 Å². The molecule has 0 saturated heterocycles. The second-order valence-corrected chi connectivity index (χ2v) is 8.46. The Morgan fingerprint density at radius 2 is 1.86 bits per heavy atom. The highest BCUT2D eigenvalue weighted by molar-refractivity contribution is 7.98. The van der Waals surface area contributed by atoms with Crippen molar-refractivity contribution in [3.8, 4) is 11.3 Å². The number of benzene rings is 1. The zero-order valence-electron chi connectivity index (χ0n) is 15.6. The summed E-state index contributed by atoms with van der Waals surface area (Å²) in [4.78, 5) is 17.8. The second kappa shape index (κ2) is 8.93. The van der Waals surface area contributed by atoms with Crippen molar-refractivity contribution in [2.45, 2.75) is 48.8 Å². The number of thioether (sulfide) groups is 1. The standard InChI is InChI=1S/C22H22ClN3OS/c23-21-20(14-25-26(22(21)27)18-6-2-1-3-7-18)28-15-16-9-11-17(12-10-16)19-8-4-5-13-24-19/h4-5,8-14,18H,1-3,6-7,15H2. The first-order valence-corrected chi connectivity index (χ1v) is 11.0. The van der Waals surface area contributed by atoms with Gasteiger partial charge in [0.2, 0.25) is 0 Å². The van der Waals surface area contributed by atoms with Gasteiger partial charge in [-0.3, -0.25) is 9.78 Å². The summed E-state index contributed by atoms with van der Waals surface area (Å²) in [5.41, 5.74) is 3.05. The SMILES string of the molecule is O=c1c(Cl)c(SCc2ccc(-c3ccccn3)cc2)cnn1C1CCCCC1. The molecule has 1 aliphatic carbocycles. The van der Waals surface area contributed by atoms with Crippen molar-refractivity contribution in [3.05, 3.63) is 75.8 Å². The van der Waals surface area contributed by atoms with Crippen LogP contribution in [0.4, 0.5) is 0 Å². The first-order valence-electron chi connectivity index (χ1n) is 9.63. The van der Waals surface area contributed by atoms with Gasteiger partial charge in [0.05, 0.1) is 22.8 Å². The maximum Gasteiger partial charge on any atom is 0.286 e. The van der Waals surface area contributed by atoms with Crippen molar-refractivity contribution in [2.75, 3.05) is 0 Å². The maximum atomic E-state index is 12.6. The molecule has 0 bridgehead atoms. The predicted octanol–water partition coefficient (Wildman–Crippen LogP) is 5.76. The van der Waals surface area contributed by atoms with Crippen LogP contribution < -0.4 is 5.56 Å². The van der Waals surface area contributed by atoms with Gasteiger partial charge in [0, 0.05) is 17.5 Å². The molecule has 0 spiro atoms. The Labute approximate surface area is 174 Å². The van der Waals surface area contributed by atoms with E-state index in [1.54, 1.807) is 28.8 Å². The summed E-state index contributed by atoms with van der Waals surface area (Å²) in [7, 11) is 0. The molecule has 6 heteroatoms. The van der Waals surface area contributed by atoms with Crippen LogP contribution in [0, 0.1) is 0 Å². The Morgan fingerprint density at radius 3 is 2.57 bits per heavy atom. The van der Waals surface area contributed by atoms with Gasteiger partial charge in [0.1, 0.15) is 5.02 Å². The monoisotopic (exact) mass is 411 g/mol. The van der Waals surface area contributed by atoms with Crippen LogP contribution in [0.5, 0.6) is 0 Å². The zero-order chi connectivity index (χ0) is 19.3. The molecular weight excluding hydrogens is 390 g/mol. The molecule has 2 heterocycles. The molecule has 0 atom stereocenters. The molecule has 0 amide bonds. The fraction of sp³-hybridized carbons (Fsp3) is 0.318. The molecule has 28 heavy (non-hydrogen) atoms. The average Bonchev–Trinajstić information content (AvgIpc) is 2.76. The molecule has 1 aliphatic rings. The Balaban J connectivity index is 1.45. The summed E-state index contributed by atoms with van der Waals surface area (Å²) in [5, 5.41) is 4.71. The van der Waals surface area contributed by atoms with E-state index in [9.17, 15) is 4.79 Å². The minimum absolute atomic E-state index is 0.163. The predicted molar refractivity (Wildman–Crippen MR) is 115 cm³/mol. The summed E-state index contributed by atoms with van der Waals surface area (Å²) in [6, 6.07) is 14.4. The third kappa shape index (κ3) is 4.31. The first-order chi connectivity index (χ1) is 13.7. The molecule has 0 radical (unpaired) electrons. The number of rotatable bonds is 5. The lowest BCUT2D eigenvalue weighted by Crippen LogP contribution is -2.29. The number of halogens is 1. The lowest BCUT2D eigenvalue weighted by molar-refractivity contribution is 0.317. The Morgan fingerprint density at radius 1 is 1.07 bits per heavy atom. The van der Waals surface area contributed by atoms with Crippen molar-refractivity contribution in [3.63, 3.8) is 0 Å². The quantitative estimate of drug-likeness (QED) is 0.501. The zero-order valence-corrected chi connectivity index (χ0v) is 17.1. The van der Waals surface area contributed by atoms with Crippen LogP contribution in [-0.4, -0.2) is 14.8 Å². The highest BCUT2D eigenvalue weighted by atomic mass is 35.5. The lowest BCUT2D eigenvalue weighted by atomic mass is 9.96. The molecule has 1 fully saturated rings. The normalized spacial score (nSPS) is 14.9. The Hall–Kier alpha value is -2.11. The van der Waals surface area contributed by atoms with E-state index in [4.69, 9.17) is 11.6 Å². The van der Waals surface area contributed by atoms with Gasteiger partial charge in [0.15, 0.2) is 0 Å². The second-order valence-electron chi connectivity index (χ2n) is 7.06. The van der Waals surface area contributed by atoms with E-state index in [0.717, 1.165) is 53.2 Å². The maximum absolute atomic E-state index is 12.6. The summed E-state index contributed by atoms with van der Waals surface area (Å²) in [5.74, 6) is 0.733. The van der Waals surface area contributed by atoms with E-state index in [2.05, 4.69) is 34.3 Å². The molecule has 1 saturated carbocycles. The third-order valence-corrected chi connectivity index (χ3v) is 6.72. The summed E-state index contributed by atoms with van der Waals surface area (Å²) < 4.78 is 1.59. The van der Waals surface area contributed by atoms with Gasteiger partial charge in [-0.2, -0.15) is 5.10 Å². The van der Waals surface area contributed by atoms with Crippen LogP contribution in [0.25, 0.3) is 11.3 Å². The van der Waals surface area contributed by atoms with Gasteiger partial charge in [-0.05, 0) is 30.5 Å². The van der Waals surface area contributed by atoms with E-state index in [-0.39, 0.29) is 16.6 Å². The molecule has 4 nitrogen and oxygen atoms in total. The molecule has 3 aromatic rings. The van der Waals surface area contributed by atoms with E-state index in [1.807, 2.05) is 18.2 Å². The van der Waals surface area contributed by atoms with Crippen molar-refractivity contribution in [1.29, 1.82) is 0 Å². The fourth-order valence-electron chi connectivity index (χ4n) is 3.58. The van der Waals surface area contributed by atoms with Gasteiger partial charge in [-0.25, -0.2) is 4.68 Å². The topological polar surface area (TPSA) is 47.8 Å². The number of pyridine rings is 1. The van der Waals surface area contributed by atoms with E-state index >= 15 is 0 Å². The number of hydrogen-bond donors (Lipinski definition) is 0. The smallest absolute Gasteiger partial charge is 0.266 e. The number of nitrogens with zero attached hydrogens (tertiary/aromatic N) is 3. The van der Waals surface area contributed by atoms with Gasteiger partial charge >= 0.3 is 0 Å². The van der Waals surface area contributed by atoms with Gasteiger partial charge in [-0.1, -0.05) is 61.2 Å². The molecule has 1 aromatic carbocycles. The van der Waals surface area contributed by atoms with Crippen molar-refractivity contribution in [2.24, 2.45) is 0 Å². The van der Waals surface area contributed by atoms with Crippen molar-refractivity contribution >= 4 is 23.4 Å². The molecule has 0 aliphatic heterocycles. The minimum atomic E-state index is -0.163. The van der Waals surface area contributed by atoms with Crippen molar-refractivity contribution in [1.82, 2.24) is 14.8 Å². The van der Waals surface area contributed by atoms with E-state index in [1.165, 1.54) is 6.42 Å². The number of hydrogen-bond acceptors (Lipinski definition) is 4. The van der Waals surface area contributed by atoms with Crippen LogP contribution in [-0.2, 0) is 5.75 Å². The first kappa shape index (κ1) is 19.2. The van der Waals surface area contributed by atoms with Gasteiger partial charge < -0.3 is 0 Å². The van der Waals surface area contributed by atoms with Crippen LogP contribution in [0.2, 0.25) is 5.02 Å². The molecule has 0 N–H and O–H groups in total. The molecule has 2 aromatic heterocycles. The average molecular weight is 412 g/mol. The summed E-state index contributed by atoms with van der Waals surface area (Å²) in [6.45, 7) is 0. The Bertz CT molecular complexity index is 983. The molecule has 144 valence electrons. The minimum Gasteiger partial charge on any atom is -0.266 e. The van der Waals surface area contributed by atoms with Crippen LogP contribution in [0.15, 0.2) is 64.5 Å². The molecule has 4 rings (SSSR count).